The van der Waals surface area contributed by atoms with Gasteiger partial charge < -0.3 is 23.7 Å². The zero-order chi connectivity index (χ0) is 25.3. The maximum Gasteiger partial charge on any atom is 0.358 e. The number of halogens is 1. The van der Waals surface area contributed by atoms with E-state index in [2.05, 4.69) is 11.6 Å². The number of aromatic nitrogens is 2. The van der Waals surface area contributed by atoms with Crippen molar-refractivity contribution >= 4 is 11.9 Å². The summed E-state index contributed by atoms with van der Waals surface area (Å²) in [5, 5.41) is 0. The predicted molar refractivity (Wildman–Crippen MR) is 126 cm³/mol. The topological polar surface area (TPSA) is 82.9 Å². The van der Waals surface area contributed by atoms with E-state index in [1.54, 1.807) is 50.8 Å². The molecular formula is C25H30FN3O5. The van der Waals surface area contributed by atoms with Gasteiger partial charge in [0.15, 0.2) is 5.69 Å². The molecule has 0 saturated heterocycles. The first-order chi connectivity index (χ1) is 16.3. The zero-order valence-corrected chi connectivity index (χ0v) is 20.1. The van der Waals surface area contributed by atoms with Crippen LogP contribution in [0.15, 0.2) is 60.7 Å². The Morgan fingerprint density at radius 3 is 2.65 bits per heavy atom. The van der Waals surface area contributed by atoms with E-state index in [9.17, 15) is 14.0 Å². The van der Waals surface area contributed by atoms with Crippen LogP contribution < -0.4 is 0 Å². The average molecular weight is 472 g/mol. The van der Waals surface area contributed by atoms with Crippen molar-refractivity contribution in [2.45, 2.75) is 13.8 Å². The molecule has 2 aromatic rings. The number of carbonyl (C=O) groups excluding carboxylic acids is 2. The fourth-order valence-corrected chi connectivity index (χ4v) is 3.32. The summed E-state index contributed by atoms with van der Waals surface area (Å²) in [7, 11) is 4.68. The number of benzene rings is 1. The van der Waals surface area contributed by atoms with Gasteiger partial charge in [-0.3, -0.25) is 4.79 Å². The Morgan fingerprint density at radius 2 is 2.03 bits per heavy atom. The molecule has 0 saturated carbocycles. The van der Waals surface area contributed by atoms with E-state index in [4.69, 9.17) is 14.2 Å². The van der Waals surface area contributed by atoms with Gasteiger partial charge in [0.2, 0.25) is 0 Å². The van der Waals surface area contributed by atoms with Crippen LogP contribution in [0.5, 0.6) is 0 Å². The molecule has 8 nitrogen and oxygen atoms in total. The molecule has 34 heavy (non-hydrogen) atoms. The Hall–Kier alpha value is -3.72. The number of imidazole rings is 1. The monoisotopic (exact) mass is 471 g/mol. The normalized spacial score (nSPS) is 11.8. The van der Waals surface area contributed by atoms with Gasteiger partial charge in [-0.1, -0.05) is 18.7 Å². The second-order valence-electron chi connectivity index (χ2n) is 7.25. The van der Waals surface area contributed by atoms with E-state index >= 15 is 0 Å². The highest BCUT2D eigenvalue weighted by molar-refractivity contribution is 5.98. The highest BCUT2D eigenvalue weighted by Crippen LogP contribution is 2.22. The summed E-state index contributed by atoms with van der Waals surface area (Å²) in [6.07, 6.45) is 6.52. The van der Waals surface area contributed by atoms with Gasteiger partial charge in [-0.25, -0.2) is 14.2 Å². The SMILES string of the molecule is C=C/C(OC)=C(\C=C/COC)CN(C)C(=O)c1cc(F)ccc1-n1cnc(C(=O)OCC)c1C. The van der Waals surface area contributed by atoms with Gasteiger partial charge in [0.1, 0.15) is 17.9 Å². The van der Waals surface area contributed by atoms with Gasteiger partial charge >= 0.3 is 5.97 Å². The van der Waals surface area contributed by atoms with Gasteiger partial charge in [0, 0.05) is 26.3 Å². The number of allylic oxidation sites excluding steroid dienone is 1. The number of hydrogen-bond acceptors (Lipinski definition) is 6. The molecule has 1 heterocycles. The van der Waals surface area contributed by atoms with E-state index in [-0.39, 0.29) is 24.4 Å². The quantitative estimate of drug-likeness (QED) is 0.281. The van der Waals surface area contributed by atoms with Gasteiger partial charge in [-0.15, -0.1) is 0 Å². The molecule has 2 rings (SSSR count). The molecule has 0 N–H and O–H groups in total. The van der Waals surface area contributed by atoms with Crippen LogP contribution >= 0.6 is 0 Å². The molecule has 0 radical (unpaired) electrons. The van der Waals surface area contributed by atoms with Gasteiger partial charge in [0.25, 0.3) is 5.91 Å². The first kappa shape index (κ1) is 26.5. The lowest BCUT2D eigenvalue weighted by Gasteiger charge is -2.21. The van der Waals surface area contributed by atoms with Crippen LogP contribution in [0.2, 0.25) is 0 Å². The molecule has 0 fully saturated rings. The Labute approximate surface area is 198 Å². The summed E-state index contributed by atoms with van der Waals surface area (Å²) in [5.41, 5.74) is 1.78. The van der Waals surface area contributed by atoms with Crippen molar-refractivity contribution in [3.05, 3.63) is 83.4 Å². The fourth-order valence-electron chi connectivity index (χ4n) is 3.32. The number of nitrogens with zero attached hydrogens (tertiary/aromatic N) is 3. The molecule has 0 aliphatic rings. The molecule has 1 amide bonds. The molecule has 0 aliphatic carbocycles. The summed E-state index contributed by atoms with van der Waals surface area (Å²) in [5.74, 6) is -1.07. The molecule has 0 bridgehead atoms. The van der Waals surface area contributed by atoms with Crippen LogP contribution in [0.1, 0.15) is 33.5 Å². The minimum Gasteiger partial charge on any atom is -0.496 e. The molecular weight excluding hydrogens is 441 g/mol. The van der Waals surface area contributed by atoms with Crippen molar-refractivity contribution in [2.24, 2.45) is 0 Å². The van der Waals surface area contributed by atoms with Crippen molar-refractivity contribution in [3.63, 3.8) is 0 Å². The molecule has 182 valence electrons. The summed E-state index contributed by atoms with van der Waals surface area (Å²) < 4.78 is 31.2. The Kier molecular flexibility index (Phi) is 9.76. The number of likely N-dealkylation sites (N-methyl/N-ethyl adjacent to an activating group) is 1. The van der Waals surface area contributed by atoms with Crippen LogP contribution in [-0.2, 0) is 14.2 Å². The van der Waals surface area contributed by atoms with Gasteiger partial charge in [-0.05, 0) is 38.1 Å². The van der Waals surface area contributed by atoms with Crippen molar-refractivity contribution in [1.82, 2.24) is 14.5 Å². The van der Waals surface area contributed by atoms with Crippen LogP contribution in [-0.4, -0.2) is 67.4 Å². The molecule has 1 aromatic heterocycles. The summed E-state index contributed by atoms with van der Waals surface area (Å²) in [6.45, 7) is 7.88. The number of esters is 1. The predicted octanol–water partition coefficient (Wildman–Crippen LogP) is 3.86. The average Bonchev–Trinajstić information content (AvgIpc) is 3.20. The highest BCUT2D eigenvalue weighted by atomic mass is 19.1. The Balaban J connectivity index is 2.45. The van der Waals surface area contributed by atoms with Gasteiger partial charge in [0.05, 0.1) is 37.3 Å². The van der Waals surface area contributed by atoms with Crippen LogP contribution in [0, 0.1) is 12.7 Å². The zero-order valence-electron chi connectivity index (χ0n) is 20.1. The van der Waals surface area contributed by atoms with E-state index in [1.165, 1.54) is 30.5 Å². The van der Waals surface area contributed by atoms with Crippen LogP contribution in [0.25, 0.3) is 5.69 Å². The lowest BCUT2D eigenvalue weighted by atomic mass is 10.1. The molecule has 0 atom stereocenters. The molecule has 9 heteroatoms. The lowest BCUT2D eigenvalue weighted by Crippen LogP contribution is -2.30. The van der Waals surface area contributed by atoms with Crippen molar-refractivity contribution < 1.29 is 28.2 Å². The summed E-state index contributed by atoms with van der Waals surface area (Å²) in [4.78, 5) is 31.1. The molecule has 0 aliphatic heterocycles. The van der Waals surface area contributed by atoms with Crippen molar-refractivity contribution in [1.29, 1.82) is 0 Å². The maximum atomic E-state index is 14.2. The Bertz CT molecular complexity index is 1100. The standard InChI is InChI=1S/C25H30FN3O5/c1-7-22(33-6)18(10-9-13-32-5)15-28(4)24(30)20-14-19(26)11-12-21(20)29-16-27-23(17(29)3)25(31)34-8-2/h7,9-12,14,16H,1,8,13,15H2,2-6H3/b10-9-,22-18-. The first-order valence-electron chi connectivity index (χ1n) is 10.6. The van der Waals surface area contributed by atoms with E-state index < -0.39 is 17.7 Å². The summed E-state index contributed by atoms with van der Waals surface area (Å²) >= 11 is 0. The van der Waals surface area contributed by atoms with Crippen molar-refractivity contribution in [2.75, 3.05) is 41.0 Å². The number of rotatable bonds is 11. The number of amides is 1. The third kappa shape index (κ3) is 6.20. The lowest BCUT2D eigenvalue weighted by molar-refractivity contribution is 0.0519. The molecule has 0 unspecified atom stereocenters. The maximum absolute atomic E-state index is 14.2. The largest absolute Gasteiger partial charge is 0.496 e. The number of ether oxygens (including phenoxy) is 3. The Morgan fingerprint density at radius 1 is 1.29 bits per heavy atom. The fraction of sp³-hybridized carbons (Fsp3) is 0.320. The van der Waals surface area contributed by atoms with E-state index in [1.807, 2.05) is 0 Å². The number of hydrogen-bond donors (Lipinski definition) is 0. The highest BCUT2D eigenvalue weighted by Gasteiger charge is 2.23. The second-order valence-corrected chi connectivity index (χ2v) is 7.25. The molecule has 1 aromatic carbocycles. The summed E-state index contributed by atoms with van der Waals surface area (Å²) in [6, 6.07) is 3.88. The second kappa shape index (κ2) is 12.5. The first-order valence-corrected chi connectivity index (χ1v) is 10.6. The number of methoxy groups -OCH3 is 2. The van der Waals surface area contributed by atoms with Crippen molar-refractivity contribution in [3.8, 4) is 5.69 Å². The van der Waals surface area contributed by atoms with Crippen LogP contribution in [0.4, 0.5) is 4.39 Å². The van der Waals surface area contributed by atoms with Gasteiger partial charge in [-0.2, -0.15) is 0 Å². The third-order valence-electron chi connectivity index (χ3n) is 4.98. The van der Waals surface area contributed by atoms with E-state index in [0.29, 0.717) is 29.3 Å². The van der Waals surface area contributed by atoms with E-state index in [0.717, 1.165) is 6.07 Å². The molecule has 0 spiro atoms. The minimum atomic E-state index is -0.569. The van der Waals surface area contributed by atoms with Crippen LogP contribution in [0.3, 0.4) is 0 Å². The smallest absolute Gasteiger partial charge is 0.358 e. The minimum absolute atomic E-state index is 0.108. The third-order valence-corrected chi connectivity index (χ3v) is 4.98. The number of carbonyl (C=O) groups is 2.